The lowest BCUT2D eigenvalue weighted by molar-refractivity contribution is -0.121. The summed E-state index contributed by atoms with van der Waals surface area (Å²) in [7, 11) is 0. The molecule has 4 heteroatoms. The molecule has 1 amide bonds. The van der Waals surface area contributed by atoms with E-state index in [2.05, 4.69) is 37.0 Å². The van der Waals surface area contributed by atoms with Crippen LogP contribution in [0.2, 0.25) is 0 Å². The Kier molecular flexibility index (Phi) is 5.53. The summed E-state index contributed by atoms with van der Waals surface area (Å²) >= 11 is 6.10. The lowest BCUT2D eigenvalue weighted by Crippen LogP contribution is -2.40. The molecule has 1 aromatic heterocycles. The summed E-state index contributed by atoms with van der Waals surface area (Å²) in [5.41, 5.74) is 0. The molecule has 0 aliphatic carbocycles. The van der Waals surface area contributed by atoms with Gasteiger partial charge in [0.1, 0.15) is 0 Å². The van der Waals surface area contributed by atoms with E-state index >= 15 is 0 Å². The first-order valence-corrected chi connectivity index (χ1v) is 7.27. The summed E-state index contributed by atoms with van der Waals surface area (Å²) in [5.74, 6) is 0.290. The van der Waals surface area contributed by atoms with Crippen molar-refractivity contribution in [1.82, 2.24) is 5.32 Å². The molecule has 96 valence electrons. The standard InChI is InChI=1S/C13H21NOS2/c1-8(2)12(16)13(15)14-9(3)7-11-6-5-10(4)17-11/h5-6,8-9,12,16H,7H2,1-4H3,(H,14,15). The zero-order valence-electron chi connectivity index (χ0n) is 10.9. The van der Waals surface area contributed by atoms with Gasteiger partial charge in [0.05, 0.1) is 5.25 Å². The summed E-state index contributed by atoms with van der Waals surface area (Å²) in [6.45, 7) is 8.14. The number of nitrogens with one attached hydrogen (secondary N) is 1. The minimum atomic E-state index is -0.220. The van der Waals surface area contributed by atoms with Gasteiger partial charge in [-0.2, -0.15) is 12.6 Å². The maximum absolute atomic E-state index is 11.8. The fourth-order valence-electron chi connectivity index (χ4n) is 1.58. The van der Waals surface area contributed by atoms with Crippen LogP contribution in [0.4, 0.5) is 0 Å². The van der Waals surface area contributed by atoms with E-state index in [1.807, 2.05) is 20.8 Å². The maximum Gasteiger partial charge on any atom is 0.233 e. The van der Waals surface area contributed by atoms with Crippen LogP contribution in [0.25, 0.3) is 0 Å². The molecule has 0 aromatic carbocycles. The Balaban J connectivity index is 2.44. The van der Waals surface area contributed by atoms with Gasteiger partial charge in [-0.15, -0.1) is 11.3 Å². The Bertz CT molecular complexity index is 373. The molecular weight excluding hydrogens is 250 g/mol. The van der Waals surface area contributed by atoms with Crippen molar-refractivity contribution in [3.05, 3.63) is 21.9 Å². The zero-order chi connectivity index (χ0) is 13.0. The van der Waals surface area contributed by atoms with Gasteiger partial charge in [0, 0.05) is 22.2 Å². The number of rotatable bonds is 5. The van der Waals surface area contributed by atoms with Gasteiger partial charge in [-0.1, -0.05) is 13.8 Å². The highest BCUT2D eigenvalue weighted by Crippen LogP contribution is 2.17. The average molecular weight is 271 g/mol. The smallest absolute Gasteiger partial charge is 0.233 e. The predicted octanol–water partition coefficient (Wildman–Crippen LogP) is 3.06. The topological polar surface area (TPSA) is 29.1 Å². The molecule has 17 heavy (non-hydrogen) atoms. The van der Waals surface area contributed by atoms with Crippen LogP contribution in [-0.4, -0.2) is 17.2 Å². The SMILES string of the molecule is Cc1ccc(CC(C)NC(=O)C(S)C(C)C)s1. The highest BCUT2D eigenvalue weighted by molar-refractivity contribution is 7.81. The highest BCUT2D eigenvalue weighted by atomic mass is 32.1. The van der Waals surface area contributed by atoms with Gasteiger partial charge in [0.15, 0.2) is 0 Å². The maximum atomic E-state index is 11.8. The summed E-state index contributed by atoms with van der Waals surface area (Å²) in [5, 5.41) is 2.79. The van der Waals surface area contributed by atoms with Crippen molar-refractivity contribution in [1.29, 1.82) is 0 Å². The first kappa shape index (κ1) is 14.6. The third kappa shape index (κ3) is 4.72. The van der Waals surface area contributed by atoms with Crippen LogP contribution in [0.3, 0.4) is 0 Å². The summed E-state index contributed by atoms with van der Waals surface area (Å²) in [6, 6.07) is 4.40. The van der Waals surface area contributed by atoms with Crippen LogP contribution in [0.5, 0.6) is 0 Å². The van der Waals surface area contributed by atoms with Gasteiger partial charge in [-0.05, 0) is 31.9 Å². The second-order valence-electron chi connectivity index (χ2n) is 4.81. The van der Waals surface area contributed by atoms with E-state index in [1.54, 1.807) is 11.3 Å². The number of aryl methyl sites for hydroxylation is 1. The van der Waals surface area contributed by atoms with Gasteiger partial charge >= 0.3 is 0 Å². The van der Waals surface area contributed by atoms with E-state index in [-0.39, 0.29) is 23.1 Å². The molecule has 1 heterocycles. The first-order chi connectivity index (χ1) is 7.90. The summed E-state index contributed by atoms with van der Waals surface area (Å²) < 4.78 is 0. The minimum Gasteiger partial charge on any atom is -0.352 e. The number of thiol groups is 1. The fraction of sp³-hybridized carbons (Fsp3) is 0.615. The molecule has 2 atom stereocenters. The highest BCUT2D eigenvalue weighted by Gasteiger charge is 2.19. The first-order valence-electron chi connectivity index (χ1n) is 5.94. The number of hydrogen-bond donors (Lipinski definition) is 2. The normalized spacial score (nSPS) is 14.7. The van der Waals surface area contributed by atoms with E-state index in [9.17, 15) is 4.79 Å². The molecule has 0 fully saturated rings. The molecule has 0 radical (unpaired) electrons. The Hall–Kier alpha value is -0.480. The molecule has 1 N–H and O–H groups in total. The van der Waals surface area contributed by atoms with E-state index in [0.717, 1.165) is 6.42 Å². The average Bonchev–Trinajstić information content (AvgIpc) is 2.62. The number of carbonyl (C=O) groups is 1. The summed E-state index contributed by atoms with van der Waals surface area (Å²) in [6.07, 6.45) is 0.892. The van der Waals surface area contributed by atoms with Crippen LogP contribution < -0.4 is 5.32 Å². The molecule has 2 unspecified atom stereocenters. The Morgan fingerprint density at radius 3 is 2.53 bits per heavy atom. The Morgan fingerprint density at radius 2 is 2.06 bits per heavy atom. The van der Waals surface area contributed by atoms with Crippen LogP contribution in [-0.2, 0) is 11.2 Å². The van der Waals surface area contributed by atoms with Gasteiger partial charge in [-0.25, -0.2) is 0 Å². The monoisotopic (exact) mass is 271 g/mol. The van der Waals surface area contributed by atoms with E-state index in [1.165, 1.54) is 9.75 Å². The number of carbonyl (C=O) groups excluding carboxylic acids is 1. The number of amides is 1. The van der Waals surface area contributed by atoms with E-state index in [4.69, 9.17) is 0 Å². The van der Waals surface area contributed by atoms with Crippen molar-refractivity contribution in [2.75, 3.05) is 0 Å². The Labute approximate surface area is 113 Å². The predicted molar refractivity (Wildman–Crippen MR) is 78.0 cm³/mol. The quantitative estimate of drug-likeness (QED) is 0.792. The molecule has 0 aliphatic heterocycles. The molecule has 0 saturated heterocycles. The van der Waals surface area contributed by atoms with Crippen molar-refractivity contribution >= 4 is 29.9 Å². The second-order valence-corrected chi connectivity index (χ2v) is 6.74. The third-order valence-electron chi connectivity index (χ3n) is 2.59. The van der Waals surface area contributed by atoms with Crippen molar-refractivity contribution in [3.8, 4) is 0 Å². The minimum absolute atomic E-state index is 0.0316. The zero-order valence-corrected chi connectivity index (χ0v) is 12.6. The van der Waals surface area contributed by atoms with Gasteiger partial charge in [0.25, 0.3) is 0 Å². The van der Waals surface area contributed by atoms with E-state index in [0.29, 0.717) is 0 Å². The van der Waals surface area contributed by atoms with Crippen molar-refractivity contribution in [2.45, 2.75) is 45.4 Å². The van der Waals surface area contributed by atoms with Gasteiger partial charge < -0.3 is 5.32 Å². The van der Waals surface area contributed by atoms with Crippen LogP contribution in [0, 0.1) is 12.8 Å². The van der Waals surface area contributed by atoms with Crippen molar-refractivity contribution < 1.29 is 4.79 Å². The molecule has 1 aromatic rings. The fourth-order valence-corrected chi connectivity index (χ4v) is 2.67. The number of thiophene rings is 1. The van der Waals surface area contributed by atoms with Crippen molar-refractivity contribution in [3.63, 3.8) is 0 Å². The second kappa shape index (κ2) is 6.45. The molecule has 0 saturated carbocycles. The largest absolute Gasteiger partial charge is 0.352 e. The van der Waals surface area contributed by atoms with Crippen LogP contribution in [0.15, 0.2) is 12.1 Å². The number of hydrogen-bond acceptors (Lipinski definition) is 3. The van der Waals surface area contributed by atoms with Crippen LogP contribution >= 0.6 is 24.0 Å². The molecule has 0 spiro atoms. The van der Waals surface area contributed by atoms with Gasteiger partial charge in [-0.3, -0.25) is 4.79 Å². The lowest BCUT2D eigenvalue weighted by Gasteiger charge is -2.18. The molecule has 0 bridgehead atoms. The molecular formula is C13H21NOS2. The third-order valence-corrected chi connectivity index (χ3v) is 4.45. The molecule has 2 nitrogen and oxygen atoms in total. The molecule has 1 rings (SSSR count). The van der Waals surface area contributed by atoms with Crippen molar-refractivity contribution in [2.24, 2.45) is 5.92 Å². The van der Waals surface area contributed by atoms with Gasteiger partial charge in [0.2, 0.25) is 5.91 Å². The van der Waals surface area contributed by atoms with E-state index < -0.39 is 0 Å². The van der Waals surface area contributed by atoms with Crippen LogP contribution in [0.1, 0.15) is 30.5 Å². The summed E-state index contributed by atoms with van der Waals surface area (Å²) in [4.78, 5) is 14.4. The molecule has 0 aliphatic rings. The Morgan fingerprint density at radius 1 is 1.41 bits per heavy atom. The lowest BCUT2D eigenvalue weighted by atomic mass is 10.1.